The maximum atomic E-state index is 11.4. The highest BCUT2D eigenvalue weighted by molar-refractivity contribution is 7.10. The number of anilines is 1. The molecular weight excluding hydrogens is 290 g/mol. The first-order valence-electron chi connectivity index (χ1n) is 6.79. The Balaban J connectivity index is 2.21. The molecule has 0 spiro atoms. The molecule has 0 aromatic carbocycles. The van der Waals surface area contributed by atoms with Crippen molar-refractivity contribution in [2.75, 3.05) is 18.4 Å². The van der Waals surface area contributed by atoms with Crippen LogP contribution in [0.5, 0.6) is 0 Å². The molecule has 0 radical (unpaired) electrons. The molecule has 0 aliphatic rings. The second-order valence-corrected chi connectivity index (χ2v) is 6.54. The highest BCUT2D eigenvalue weighted by Crippen LogP contribution is 2.21. The van der Waals surface area contributed by atoms with Crippen molar-refractivity contribution in [3.8, 4) is 0 Å². The Morgan fingerprint density at radius 2 is 2.00 bits per heavy atom. The minimum atomic E-state index is -0.484. The van der Waals surface area contributed by atoms with Gasteiger partial charge in [-0.2, -0.15) is 0 Å². The number of hydrogen-bond acceptors (Lipinski definition) is 5. The fourth-order valence-corrected chi connectivity index (χ4v) is 2.35. The summed E-state index contributed by atoms with van der Waals surface area (Å²) < 4.78 is 5.13. The molecule has 0 saturated heterocycles. The molecule has 1 aromatic rings. The molecule has 21 heavy (non-hydrogen) atoms. The highest BCUT2D eigenvalue weighted by atomic mass is 32.1. The number of amides is 2. The van der Waals surface area contributed by atoms with Crippen LogP contribution in [-0.2, 0) is 16.1 Å². The summed E-state index contributed by atoms with van der Waals surface area (Å²) in [5, 5.41) is 10.6. The summed E-state index contributed by atoms with van der Waals surface area (Å²) >= 11 is 1.57. The Morgan fingerprint density at radius 3 is 2.62 bits per heavy atom. The van der Waals surface area contributed by atoms with E-state index in [-0.39, 0.29) is 5.91 Å². The molecule has 0 saturated carbocycles. The third-order valence-corrected chi connectivity index (χ3v) is 3.23. The van der Waals surface area contributed by atoms with Gasteiger partial charge in [0.1, 0.15) is 5.60 Å². The third-order valence-electron chi connectivity index (χ3n) is 2.31. The Labute approximate surface area is 129 Å². The second-order valence-electron chi connectivity index (χ2n) is 5.54. The van der Waals surface area contributed by atoms with Crippen molar-refractivity contribution in [3.63, 3.8) is 0 Å². The monoisotopic (exact) mass is 313 g/mol. The van der Waals surface area contributed by atoms with Crippen LogP contribution in [0.15, 0.2) is 11.4 Å². The van der Waals surface area contributed by atoms with Crippen LogP contribution in [0, 0.1) is 0 Å². The first kappa shape index (κ1) is 17.5. The topological polar surface area (TPSA) is 79.5 Å². The molecular formula is C14H23N3O3S. The van der Waals surface area contributed by atoms with Crippen LogP contribution < -0.4 is 16.0 Å². The molecule has 0 aliphatic heterocycles. The molecule has 3 N–H and O–H groups in total. The number of hydrogen-bond donors (Lipinski definition) is 3. The minimum Gasteiger partial charge on any atom is -0.444 e. The number of ether oxygens (including phenoxy) is 1. The summed E-state index contributed by atoms with van der Waals surface area (Å²) in [4.78, 5) is 23.5. The maximum absolute atomic E-state index is 11.4. The third kappa shape index (κ3) is 7.67. The first-order valence-corrected chi connectivity index (χ1v) is 7.67. The number of carbonyl (C=O) groups excluding carboxylic acids is 2. The van der Waals surface area contributed by atoms with E-state index in [0.717, 1.165) is 10.6 Å². The summed E-state index contributed by atoms with van der Waals surface area (Å²) in [6.45, 7) is 8.71. The zero-order valence-corrected chi connectivity index (χ0v) is 13.7. The number of rotatable bonds is 6. The van der Waals surface area contributed by atoms with E-state index in [2.05, 4.69) is 16.0 Å². The van der Waals surface area contributed by atoms with E-state index in [4.69, 9.17) is 4.74 Å². The number of alkyl carbamates (subject to hydrolysis) is 1. The van der Waals surface area contributed by atoms with E-state index >= 15 is 0 Å². The van der Waals surface area contributed by atoms with Crippen molar-refractivity contribution in [2.45, 2.75) is 39.8 Å². The summed E-state index contributed by atoms with van der Waals surface area (Å²) in [5.74, 6) is -0.0822. The van der Waals surface area contributed by atoms with Gasteiger partial charge in [-0.1, -0.05) is 0 Å². The quantitative estimate of drug-likeness (QED) is 0.704. The Bertz CT molecular complexity index is 480. The van der Waals surface area contributed by atoms with E-state index in [1.807, 2.05) is 32.2 Å². The molecule has 7 heteroatoms. The van der Waals surface area contributed by atoms with Crippen molar-refractivity contribution >= 4 is 29.0 Å². The summed E-state index contributed by atoms with van der Waals surface area (Å²) in [6.07, 6.45) is -0.417. The molecule has 2 amide bonds. The van der Waals surface area contributed by atoms with Crippen LogP contribution in [0.1, 0.15) is 32.6 Å². The largest absolute Gasteiger partial charge is 0.444 e. The predicted molar refractivity (Wildman–Crippen MR) is 84.6 cm³/mol. The predicted octanol–water partition coefficient (Wildman–Crippen LogP) is 2.32. The van der Waals surface area contributed by atoms with Gasteiger partial charge in [-0.05, 0) is 32.2 Å². The van der Waals surface area contributed by atoms with Gasteiger partial charge in [0.25, 0.3) is 0 Å². The number of nitrogens with one attached hydrogen (secondary N) is 3. The SMILES string of the molecule is CC(=O)Nc1ccsc1CNCCNC(=O)OC(C)(C)C. The Kier molecular flexibility index (Phi) is 6.64. The normalized spacial score (nSPS) is 11.0. The fraction of sp³-hybridized carbons (Fsp3) is 0.571. The molecule has 0 bridgehead atoms. The second kappa shape index (κ2) is 7.99. The molecule has 0 atom stereocenters. The molecule has 1 aromatic heterocycles. The van der Waals surface area contributed by atoms with Crippen LogP contribution >= 0.6 is 11.3 Å². The smallest absolute Gasteiger partial charge is 0.407 e. The van der Waals surface area contributed by atoms with Gasteiger partial charge in [-0.15, -0.1) is 11.3 Å². The van der Waals surface area contributed by atoms with Crippen molar-refractivity contribution in [2.24, 2.45) is 0 Å². The maximum Gasteiger partial charge on any atom is 0.407 e. The lowest BCUT2D eigenvalue weighted by molar-refractivity contribution is -0.114. The standard InChI is InChI=1S/C14H23N3O3S/c1-10(18)17-11-5-8-21-12(11)9-15-6-7-16-13(19)20-14(2,3)4/h5,8,15H,6-7,9H2,1-4H3,(H,16,19)(H,17,18). The van der Waals surface area contributed by atoms with Gasteiger partial charge in [0.15, 0.2) is 0 Å². The van der Waals surface area contributed by atoms with E-state index in [0.29, 0.717) is 19.6 Å². The summed E-state index contributed by atoms with van der Waals surface area (Å²) in [6, 6.07) is 1.88. The van der Waals surface area contributed by atoms with Gasteiger partial charge >= 0.3 is 6.09 Å². The molecule has 0 fully saturated rings. The van der Waals surface area contributed by atoms with E-state index < -0.39 is 11.7 Å². The van der Waals surface area contributed by atoms with Crippen LogP contribution in [0.2, 0.25) is 0 Å². The Hall–Kier alpha value is -1.60. The van der Waals surface area contributed by atoms with Crippen LogP contribution in [-0.4, -0.2) is 30.7 Å². The van der Waals surface area contributed by atoms with Gasteiger partial charge in [0, 0.05) is 31.4 Å². The van der Waals surface area contributed by atoms with Crippen molar-refractivity contribution in [1.82, 2.24) is 10.6 Å². The van der Waals surface area contributed by atoms with Crippen molar-refractivity contribution in [3.05, 3.63) is 16.3 Å². The van der Waals surface area contributed by atoms with Gasteiger partial charge in [0.05, 0.1) is 5.69 Å². The van der Waals surface area contributed by atoms with E-state index in [1.54, 1.807) is 11.3 Å². The zero-order chi connectivity index (χ0) is 15.9. The molecule has 0 aliphatic carbocycles. The minimum absolute atomic E-state index is 0.0822. The first-order chi connectivity index (χ1) is 9.78. The lowest BCUT2D eigenvalue weighted by Crippen LogP contribution is -2.36. The fourth-order valence-electron chi connectivity index (χ4n) is 1.55. The molecule has 0 unspecified atom stereocenters. The molecule has 1 rings (SSSR count). The molecule has 1 heterocycles. The zero-order valence-electron chi connectivity index (χ0n) is 12.9. The van der Waals surface area contributed by atoms with Gasteiger partial charge in [-0.25, -0.2) is 4.79 Å². The van der Waals surface area contributed by atoms with Crippen LogP contribution in [0.3, 0.4) is 0 Å². The Morgan fingerprint density at radius 1 is 1.29 bits per heavy atom. The molecule has 6 nitrogen and oxygen atoms in total. The van der Waals surface area contributed by atoms with Crippen molar-refractivity contribution < 1.29 is 14.3 Å². The van der Waals surface area contributed by atoms with Gasteiger partial charge < -0.3 is 20.7 Å². The number of thiophene rings is 1. The summed E-state index contributed by atoms with van der Waals surface area (Å²) in [7, 11) is 0. The van der Waals surface area contributed by atoms with E-state index in [1.165, 1.54) is 6.92 Å². The van der Waals surface area contributed by atoms with Crippen molar-refractivity contribution in [1.29, 1.82) is 0 Å². The lowest BCUT2D eigenvalue weighted by Gasteiger charge is -2.19. The molecule has 118 valence electrons. The average Bonchev–Trinajstić information content (AvgIpc) is 2.73. The van der Waals surface area contributed by atoms with Crippen LogP contribution in [0.25, 0.3) is 0 Å². The van der Waals surface area contributed by atoms with Gasteiger partial charge in [0.2, 0.25) is 5.91 Å². The summed E-state index contributed by atoms with van der Waals surface area (Å²) in [5.41, 5.74) is 0.349. The highest BCUT2D eigenvalue weighted by Gasteiger charge is 2.15. The van der Waals surface area contributed by atoms with E-state index in [9.17, 15) is 9.59 Å². The number of carbonyl (C=O) groups is 2. The average molecular weight is 313 g/mol. The van der Waals surface area contributed by atoms with Crippen LogP contribution in [0.4, 0.5) is 10.5 Å². The lowest BCUT2D eigenvalue weighted by atomic mass is 10.2. The van der Waals surface area contributed by atoms with Gasteiger partial charge in [-0.3, -0.25) is 4.79 Å².